The van der Waals surface area contributed by atoms with E-state index >= 15 is 0 Å². The molecule has 0 aliphatic carbocycles. The molecule has 25 heavy (non-hydrogen) atoms. The van der Waals surface area contributed by atoms with E-state index in [2.05, 4.69) is 5.32 Å². The van der Waals surface area contributed by atoms with Crippen LogP contribution in [0.3, 0.4) is 0 Å². The number of nitrogens with one attached hydrogen (secondary N) is 1. The zero-order chi connectivity index (χ0) is 20.3. The fraction of sp³-hybridized carbons (Fsp3) is 0.500. The Morgan fingerprint density at radius 3 is 1.72 bits per heavy atom. The Bertz CT molecular complexity index is 536. The van der Waals surface area contributed by atoms with Crippen LogP contribution in [-0.2, 0) is 4.79 Å². The number of carbonyl (C=O) groups is 1. The van der Waals surface area contributed by atoms with Gasteiger partial charge in [0.2, 0.25) is 0 Å². The molecule has 144 valence electrons. The smallest absolute Gasteiger partial charge is 0.313 e. The standard InChI is InChI=1S/C14H14O2.C2H7N.3C2H6/c1-10(2)14(15)16-13-8-7-11-5-3-4-6-12(11)9-13;1-3-2;3*1-2/h3-10H,1-2H3;3H,1-2H3;3*1-2H3. The van der Waals surface area contributed by atoms with Crippen molar-refractivity contribution in [2.45, 2.75) is 55.4 Å². The first-order chi connectivity index (χ1) is 12.1. The monoisotopic (exact) mass is 349 g/mol. The van der Waals surface area contributed by atoms with Crippen molar-refractivity contribution in [1.29, 1.82) is 0 Å². The van der Waals surface area contributed by atoms with Gasteiger partial charge in [-0.2, -0.15) is 0 Å². The number of rotatable bonds is 2. The second-order valence-electron chi connectivity index (χ2n) is 4.58. The molecular weight excluding hydrogens is 310 g/mol. The topological polar surface area (TPSA) is 38.3 Å². The largest absolute Gasteiger partial charge is 0.426 e. The van der Waals surface area contributed by atoms with E-state index in [1.54, 1.807) is 0 Å². The molecule has 0 amide bonds. The lowest BCUT2D eigenvalue weighted by molar-refractivity contribution is -0.137. The van der Waals surface area contributed by atoms with Crippen molar-refractivity contribution in [3.63, 3.8) is 0 Å². The van der Waals surface area contributed by atoms with E-state index < -0.39 is 0 Å². The quantitative estimate of drug-likeness (QED) is 0.509. The molecule has 2 rings (SSSR count). The molecule has 0 aromatic heterocycles. The van der Waals surface area contributed by atoms with Crippen molar-refractivity contribution in [2.24, 2.45) is 5.92 Å². The Kier molecular flexibility index (Phi) is 22.6. The lowest BCUT2D eigenvalue weighted by Crippen LogP contribution is -2.14. The third-order valence-electron chi connectivity index (χ3n) is 2.41. The Morgan fingerprint density at radius 1 is 0.840 bits per heavy atom. The summed E-state index contributed by atoms with van der Waals surface area (Å²) in [7, 11) is 3.75. The second-order valence-corrected chi connectivity index (χ2v) is 4.58. The van der Waals surface area contributed by atoms with Crippen LogP contribution < -0.4 is 10.1 Å². The van der Waals surface area contributed by atoms with Crippen LogP contribution >= 0.6 is 0 Å². The van der Waals surface area contributed by atoms with Crippen molar-refractivity contribution in [3.05, 3.63) is 42.5 Å². The number of carbonyl (C=O) groups excluding carboxylic acids is 1. The number of benzene rings is 2. The summed E-state index contributed by atoms with van der Waals surface area (Å²) in [6, 6.07) is 13.7. The van der Waals surface area contributed by atoms with Crippen LogP contribution in [0.5, 0.6) is 5.75 Å². The molecule has 1 N–H and O–H groups in total. The summed E-state index contributed by atoms with van der Waals surface area (Å²) in [5.74, 6) is 0.305. The molecule has 0 atom stereocenters. The maximum absolute atomic E-state index is 11.4. The maximum Gasteiger partial charge on any atom is 0.313 e. The van der Waals surface area contributed by atoms with Crippen molar-refractivity contribution in [2.75, 3.05) is 14.1 Å². The fourth-order valence-corrected chi connectivity index (χ4v) is 1.46. The molecule has 0 fully saturated rings. The Balaban J connectivity index is -0.000000464. The fourth-order valence-electron chi connectivity index (χ4n) is 1.46. The predicted molar refractivity (Wildman–Crippen MR) is 113 cm³/mol. The third kappa shape index (κ3) is 13.1. The van der Waals surface area contributed by atoms with Gasteiger partial charge in [0.05, 0.1) is 5.92 Å². The SMILES string of the molecule is CC.CC.CC.CC(C)C(=O)Oc1ccc2ccccc2c1.CNC. The molecule has 0 saturated carbocycles. The summed E-state index contributed by atoms with van der Waals surface area (Å²) < 4.78 is 5.24. The minimum absolute atomic E-state index is 0.105. The Morgan fingerprint density at radius 2 is 1.28 bits per heavy atom. The molecular formula is C22H39NO2. The normalized spacial score (nSPS) is 8.28. The van der Waals surface area contributed by atoms with Gasteiger partial charge in [0.25, 0.3) is 0 Å². The number of hydrogen-bond acceptors (Lipinski definition) is 3. The van der Waals surface area contributed by atoms with Crippen LogP contribution in [0.1, 0.15) is 55.4 Å². The molecule has 0 spiro atoms. The highest BCUT2D eigenvalue weighted by atomic mass is 16.5. The average molecular weight is 350 g/mol. The highest BCUT2D eigenvalue weighted by Crippen LogP contribution is 2.21. The number of fused-ring (bicyclic) bond motifs is 1. The van der Waals surface area contributed by atoms with E-state index in [4.69, 9.17) is 4.74 Å². The van der Waals surface area contributed by atoms with E-state index in [1.807, 2.05) is 112 Å². The summed E-state index contributed by atoms with van der Waals surface area (Å²) in [5, 5.41) is 4.98. The van der Waals surface area contributed by atoms with Gasteiger partial charge >= 0.3 is 5.97 Å². The first kappa shape index (κ1) is 28.0. The molecule has 0 aliphatic rings. The van der Waals surface area contributed by atoms with Crippen LogP contribution in [0.25, 0.3) is 10.8 Å². The zero-order valence-corrected chi connectivity index (χ0v) is 17.9. The number of hydrogen-bond donors (Lipinski definition) is 1. The van der Waals surface area contributed by atoms with Gasteiger partial charge in [-0.3, -0.25) is 4.79 Å². The van der Waals surface area contributed by atoms with Gasteiger partial charge in [-0.05, 0) is 37.0 Å². The van der Waals surface area contributed by atoms with Crippen molar-refractivity contribution in [1.82, 2.24) is 5.32 Å². The molecule has 3 heteroatoms. The first-order valence-corrected chi connectivity index (χ1v) is 9.37. The van der Waals surface area contributed by atoms with Crippen molar-refractivity contribution < 1.29 is 9.53 Å². The van der Waals surface area contributed by atoms with Gasteiger partial charge in [0.15, 0.2) is 0 Å². The Labute approximate surface area is 155 Å². The van der Waals surface area contributed by atoms with Gasteiger partial charge in [-0.1, -0.05) is 85.7 Å². The zero-order valence-electron chi connectivity index (χ0n) is 17.9. The molecule has 0 aliphatic heterocycles. The van der Waals surface area contributed by atoms with Gasteiger partial charge in [0.1, 0.15) is 5.75 Å². The van der Waals surface area contributed by atoms with Crippen LogP contribution in [0, 0.1) is 5.92 Å². The first-order valence-electron chi connectivity index (χ1n) is 9.37. The van der Waals surface area contributed by atoms with Crippen molar-refractivity contribution in [3.8, 4) is 5.75 Å². The molecule has 0 unspecified atom stereocenters. The highest BCUT2D eigenvalue weighted by molar-refractivity contribution is 5.84. The molecule has 0 saturated heterocycles. The molecule has 0 heterocycles. The van der Waals surface area contributed by atoms with Crippen LogP contribution in [0.2, 0.25) is 0 Å². The predicted octanol–water partition coefficient (Wildman–Crippen LogP) is 6.32. The molecule has 3 nitrogen and oxygen atoms in total. The van der Waals surface area contributed by atoms with Gasteiger partial charge < -0.3 is 10.1 Å². The second kappa shape index (κ2) is 20.2. The number of esters is 1. The van der Waals surface area contributed by atoms with E-state index in [0.29, 0.717) is 5.75 Å². The van der Waals surface area contributed by atoms with E-state index in [9.17, 15) is 4.79 Å². The van der Waals surface area contributed by atoms with Crippen LogP contribution in [0.15, 0.2) is 42.5 Å². The highest BCUT2D eigenvalue weighted by Gasteiger charge is 2.09. The van der Waals surface area contributed by atoms with E-state index in [-0.39, 0.29) is 11.9 Å². The molecule has 0 bridgehead atoms. The average Bonchev–Trinajstić information content (AvgIpc) is 2.67. The minimum atomic E-state index is -0.199. The molecule has 2 aromatic carbocycles. The van der Waals surface area contributed by atoms with Gasteiger partial charge in [0, 0.05) is 0 Å². The van der Waals surface area contributed by atoms with Crippen LogP contribution in [-0.4, -0.2) is 20.1 Å². The summed E-state index contributed by atoms with van der Waals surface area (Å²) in [4.78, 5) is 11.4. The molecule has 2 aromatic rings. The van der Waals surface area contributed by atoms with Crippen molar-refractivity contribution >= 4 is 16.7 Å². The van der Waals surface area contributed by atoms with Crippen LogP contribution in [0.4, 0.5) is 0 Å². The van der Waals surface area contributed by atoms with E-state index in [0.717, 1.165) is 10.8 Å². The lowest BCUT2D eigenvalue weighted by atomic mass is 10.1. The summed E-state index contributed by atoms with van der Waals surface area (Å²) in [6.45, 7) is 15.6. The summed E-state index contributed by atoms with van der Waals surface area (Å²) >= 11 is 0. The van der Waals surface area contributed by atoms with Gasteiger partial charge in [-0.25, -0.2) is 0 Å². The third-order valence-corrected chi connectivity index (χ3v) is 2.41. The molecule has 0 radical (unpaired) electrons. The summed E-state index contributed by atoms with van der Waals surface area (Å²) in [5.41, 5.74) is 0. The number of ether oxygens (including phenoxy) is 1. The summed E-state index contributed by atoms with van der Waals surface area (Å²) in [6.07, 6.45) is 0. The lowest BCUT2D eigenvalue weighted by Gasteiger charge is -2.07. The van der Waals surface area contributed by atoms with Gasteiger partial charge in [-0.15, -0.1) is 0 Å². The maximum atomic E-state index is 11.4. The minimum Gasteiger partial charge on any atom is -0.426 e. The Hall–Kier alpha value is -1.87. The van der Waals surface area contributed by atoms with E-state index in [1.165, 1.54) is 0 Å².